The summed E-state index contributed by atoms with van der Waals surface area (Å²) >= 11 is 1.50. The number of anilines is 1. The van der Waals surface area contributed by atoms with Crippen molar-refractivity contribution in [2.75, 3.05) is 11.1 Å². The van der Waals surface area contributed by atoms with Gasteiger partial charge in [0.15, 0.2) is 10.9 Å². The zero-order valence-corrected chi connectivity index (χ0v) is 18.3. The lowest BCUT2D eigenvalue weighted by molar-refractivity contribution is -0.384. The normalized spacial score (nSPS) is 17.9. The first-order valence-electron chi connectivity index (χ1n) is 10.4. The fraction of sp³-hybridized carbons (Fsp3) is 0.409. The fourth-order valence-electron chi connectivity index (χ4n) is 4.02. The monoisotopic (exact) mass is 440 g/mol. The highest BCUT2D eigenvalue weighted by atomic mass is 32.2. The number of thioether (sulfide) groups is 1. The molecule has 1 aromatic heterocycles. The van der Waals surface area contributed by atoms with Crippen LogP contribution in [0.25, 0.3) is 0 Å². The lowest BCUT2D eigenvalue weighted by Gasteiger charge is -2.32. The van der Waals surface area contributed by atoms with Gasteiger partial charge in [-0.25, -0.2) is 4.98 Å². The number of Topliss-reactive ketones (excluding diaryl/α,β-unsaturated/α-hetero) is 1. The van der Waals surface area contributed by atoms with Crippen molar-refractivity contribution < 1.29 is 9.72 Å². The minimum atomic E-state index is -0.592. The Labute approximate surface area is 183 Å². The van der Waals surface area contributed by atoms with Crippen LogP contribution in [0.1, 0.15) is 56.6 Å². The van der Waals surface area contributed by atoms with Crippen LogP contribution in [0.4, 0.5) is 11.5 Å². The van der Waals surface area contributed by atoms with Gasteiger partial charge in [0, 0.05) is 41.5 Å². The van der Waals surface area contributed by atoms with E-state index in [1.165, 1.54) is 23.9 Å². The number of hydrogen-bond acceptors (Lipinski definition) is 7. The van der Waals surface area contributed by atoms with E-state index in [0.717, 1.165) is 24.3 Å². The Morgan fingerprint density at radius 1 is 1.23 bits per heavy atom. The Morgan fingerprint density at radius 3 is 2.65 bits per heavy atom. The van der Waals surface area contributed by atoms with Crippen molar-refractivity contribution in [2.24, 2.45) is 5.92 Å². The first kappa shape index (κ1) is 21.3. The topological polar surface area (TPSA) is 118 Å². The maximum atomic E-state index is 13.1. The van der Waals surface area contributed by atoms with Crippen LogP contribution in [-0.2, 0) is 4.79 Å². The summed E-state index contributed by atoms with van der Waals surface area (Å²) in [6, 6.07) is 6.05. The van der Waals surface area contributed by atoms with Crippen molar-refractivity contribution in [2.45, 2.75) is 50.6 Å². The zero-order chi connectivity index (χ0) is 22.1. The number of H-pyrrole nitrogens is 1. The van der Waals surface area contributed by atoms with E-state index >= 15 is 0 Å². The highest BCUT2D eigenvalue weighted by Crippen LogP contribution is 2.43. The van der Waals surface area contributed by atoms with Gasteiger partial charge in [-0.2, -0.15) is 0 Å². The quantitative estimate of drug-likeness (QED) is 0.296. The third-order valence-electron chi connectivity index (χ3n) is 5.61. The lowest BCUT2D eigenvalue weighted by Crippen LogP contribution is -2.32. The lowest BCUT2D eigenvalue weighted by atomic mass is 9.76. The molecule has 8 nitrogen and oxygen atoms in total. The number of rotatable bonds is 6. The van der Waals surface area contributed by atoms with Gasteiger partial charge in [0.05, 0.1) is 10.5 Å². The Bertz CT molecular complexity index is 1120. The second kappa shape index (κ2) is 8.66. The van der Waals surface area contributed by atoms with E-state index in [1.54, 1.807) is 12.1 Å². The molecule has 2 heterocycles. The number of fused-ring (bicyclic) bond motifs is 1. The Kier molecular flexibility index (Phi) is 5.95. The maximum absolute atomic E-state index is 13.1. The number of nitrogens with zero attached hydrogens (tertiary/aromatic N) is 2. The summed E-state index contributed by atoms with van der Waals surface area (Å²) in [4.78, 5) is 44.1. The average molecular weight is 441 g/mol. The van der Waals surface area contributed by atoms with Gasteiger partial charge in [0.2, 0.25) is 0 Å². The van der Waals surface area contributed by atoms with Crippen LogP contribution in [0.2, 0.25) is 0 Å². The van der Waals surface area contributed by atoms with E-state index < -0.39 is 10.8 Å². The van der Waals surface area contributed by atoms with Crippen LogP contribution >= 0.6 is 11.8 Å². The smallest absolute Gasteiger partial charge is 0.269 e. The number of nitrogens with one attached hydrogen (secondary N) is 2. The second-order valence-corrected chi connectivity index (χ2v) is 9.32. The molecule has 1 aliphatic carbocycles. The molecule has 1 aromatic carbocycles. The van der Waals surface area contributed by atoms with Crippen molar-refractivity contribution in [3.05, 3.63) is 67.1 Å². The molecule has 31 heavy (non-hydrogen) atoms. The van der Waals surface area contributed by atoms with Crippen LogP contribution in [0.15, 0.2) is 45.5 Å². The summed E-state index contributed by atoms with van der Waals surface area (Å²) < 4.78 is 0. The number of carbonyl (C=O) groups excluding carboxylic acids is 1. The van der Waals surface area contributed by atoms with E-state index in [0.29, 0.717) is 46.4 Å². The summed E-state index contributed by atoms with van der Waals surface area (Å²) in [6.07, 6.45) is 2.88. The number of hydrogen-bond donors (Lipinski definition) is 2. The van der Waals surface area contributed by atoms with Gasteiger partial charge in [-0.3, -0.25) is 19.7 Å². The van der Waals surface area contributed by atoms with Crippen LogP contribution in [0, 0.1) is 16.0 Å². The van der Waals surface area contributed by atoms with Crippen molar-refractivity contribution >= 4 is 29.1 Å². The van der Waals surface area contributed by atoms with Gasteiger partial charge < -0.3 is 10.3 Å². The molecule has 0 saturated heterocycles. The van der Waals surface area contributed by atoms with E-state index in [1.807, 2.05) is 0 Å². The number of benzene rings is 1. The average Bonchev–Trinajstić information content (AvgIpc) is 2.72. The molecule has 0 bridgehead atoms. The molecule has 1 atom stereocenters. The van der Waals surface area contributed by atoms with Crippen molar-refractivity contribution in [3.63, 3.8) is 0 Å². The van der Waals surface area contributed by atoms with Crippen LogP contribution in [-0.4, -0.2) is 26.4 Å². The predicted molar refractivity (Wildman–Crippen MR) is 119 cm³/mol. The highest BCUT2D eigenvalue weighted by Gasteiger charge is 2.38. The third-order valence-corrected chi connectivity index (χ3v) is 6.51. The molecule has 2 N–H and O–H groups in total. The van der Waals surface area contributed by atoms with Crippen LogP contribution < -0.4 is 10.9 Å². The summed E-state index contributed by atoms with van der Waals surface area (Å²) in [5.74, 6) is 1.27. The standard InChI is InChI=1S/C22H24N4O4S/c1-12(2)10-11-31-22-24-20-19(21(28)25-22)17(13-6-8-14(9-7-13)26(29)30)18-15(23-20)4-3-5-16(18)27/h6-9,12,17H,3-5,10-11H2,1-2H3,(H2,23,24,25,28). The first-order valence-corrected chi connectivity index (χ1v) is 11.4. The van der Waals surface area contributed by atoms with E-state index in [2.05, 4.69) is 29.1 Å². The molecule has 2 aromatic rings. The first-order chi connectivity index (χ1) is 14.8. The number of aromatic nitrogens is 2. The molecule has 4 rings (SSSR count). The second-order valence-electron chi connectivity index (χ2n) is 8.24. The summed E-state index contributed by atoms with van der Waals surface area (Å²) in [5.41, 5.74) is 2.09. The highest BCUT2D eigenvalue weighted by molar-refractivity contribution is 7.99. The number of nitro benzene ring substituents is 1. The molecule has 0 amide bonds. The Balaban J connectivity index is 1.79. The third kappa shape index (κ3) is 4.27. The minimum Gasteiger partial charge on any atom is -0.343 e. The molecule has 2 aliphatic rings. The van der Waals surface area contributed by atoms with Gasteiger partial charge in [-0.15, -0.1) is 0 Å². The van der Waals surface area contributed by atoms with Gasteiger partial charge in [0.1, 0.15) is 5.82 Å². The molecule has 0 spiro atoms. The summed E-state index contributed by atoms with van der Waals surface area (Å²) in [6.45, 7) is 4.29. The van der Waals surface area contributed by atoms with Gasteiger partial charge >= 0.3 is 0 Å². The Morgan fingerprint density at radius 2 is 1.97 bits per heavy atom. The largest absolute Gasteiger partial charge is 0.343 e. The SMILES string of the molecule is CC(C)CCSc1nc2c(c(=O)[nH]1)C(c1ccc([N+](=O)[O-])cc1)C1=C(CCCC1=O)N2. The van der Waals surface area contributed by atoms with Crippen molar-refractivity contribution in [3.8, 4) is 0 Å². The molecule has 0 saturated carbocycles. The van der Waals surface area contributed by atoms with Crippen LogP contribution in [0.3, 0.4) is 0 Å². The molecule has 162 valence electrons. The number of carbonyl (C=O) groups is 1. The molecular weight excluding hydrogens is 416 g/mol. The van der Waals surface area contributed by atoms with Crippen molar-refractivity contribution in [1.82, 2.24) is 9.97 Å². The molecule has 9 heteroatoms. The molecular formula is C22H24N4O4S. The van der Waals surface area contributed by atoms with E-state index in [9.17, 15) is 19.7 Å². The fourth-order valence-corrected chi connectivity index (χ4v) is 5.13. The summed E-state index contributed by atoms with van der Waals surface area (Å²) in [7, 11) is 0. The number of allylic oxidation sites excluding steroid dienone is 2. The van der Waals surface area contributed by atoms with Gasteiger partial charge in [0.25, 0.3) is 11.2 Å². The molecule has 1 unspecified atom stereocenters. The van der Waals surface area contributed by atoms with Crippen molar-refractivity contribution in [1.29, 1.82) is 0 Å². The van der Waals surface area contributed by atoms with Gasteiger partial charge in [-0.1, -0.05) is 37.7 Å². The molecule has 0 radical (unpaired) electrons. The zero-order valence-electron chi connectivity index (χ0n) is 17.4. The number of nitro groups is 1. The van der Waals surface area contributed by atoms with E-state index in [4.69, 9.17) is 0 Å². The maximum Gasteiger partial charge on any atom is 0.269 e. The minimum absolute atomic E-state index is 0.00228. The number of non-ortho nitro benzene ring substituents is 1. The van der Waals surface area contributed by atoms with Crippen LogP contribution in [0.5, 0.6) is 0 Å². The Hall–Kier alpha value is -2.94. The predicted octanol–water partition coefficient (Wildman–Crippen LogP) is 4.38. The molecule has 0 fully saturated rings. The summed E-state index contributed by atoms with van der Waals surface area (Å²) in [5, 5.41) is 14.8. The number of ketones is 1. The molecule has 1 aliphatic heterocycles. The van der Waals surface area contributed by atoms with Gasteiger partial charge in [-0.05, 0) is 30.7 Å². The number of aromatic amines is 1. The van der Waals surface area contributed by atoms with E-state index in [-0.39, 0.29) is 17.0 Å².